The second-order valence-electron chi connectivity index (χ2n) is 5.17. The molecule has 1 aliphatic rings. The second-order valence-corrected chi connectivity index (χ2v) is 5.17. The van der Waals surface area contributed by atoms with Gasteiger partial charge in [-0.25, -0.2) is 9.37 Å². The highest BCUT2D eigenvalue weighted by Crippen LogP contribution is 2.16. The highest BCUT2D eigenvalue weighted by Gasteiger charge is 2.23. The minimum Gasteiger partial charge on any atom is -0.368 e. The Kier molecular flexibility index (Phi) is 4.89. The van der Waals surface area contributed by atoms with Gasteiger partial charge in [-0.1, -0.05) is 6.92 Å². The van der Waals surface area contributed by atoms with Crippen molar-refractivity contribution in [2.75, 3.05) is 32.0 Å². The Morgan fingerprint density at radius 2 is 2.40 bits per heavy atom. The molecule has 2 N–H and O–H groups in total. The number of carbonyl (C=O) groups excluding carboxylic acids is 1. The van der Waals surface area contributed by atoms with Gasteiger partial charge in [0.25, 0.3) is 5.91 Å². The Morgan fingerprint density at radius 3 is 3.05 bits per heavy atom. The Balaban J connectivity index is 2.05. The molecule has 1 fully saturated rings. The van der Waals surface area contributed by atoms with E-state index in [1.807, 2.05) is 14.0 Å². The largest absolute Gasteiger partial charge is 0.368 e. The molecule has 0 aromatic carbocycles. The third kappa shape index (κ3) is 3.45. The first kappa shape index (κ1) is 14.7. The van der Waals surface area contributed by atoms with E-state index in [9.17, 15) is 9.18 Å². The molecule has 2 rings (SSSR count). The van der Waals surface area contributed by atoms with E-state index < -0.39 is 5.82 Å². The summed E-state index contributed by atoms with van der Waals surface area (Å²) < 4.78 is 14.2. The molecular weight excluding hydrogens is 259 g/mol. The molecule has 1 atom stereocenters. The molecule has 0 aliphatic carbocycles. The van der Waals surface area contributed by atoms with Crippen molar-refractivity contribution in [3.8, 4) is 0 Å². The van der Waals surface area contributed by atoms with Crippen molar-refractivity contribution in [1.82, 2.24) is 15.2 Å². The van der Waals surface area contributed by atoms with E-state index in [4.69, 9.17) is 0 Å². The Hall–Kier alpha value is -1.69. The summed E-state index contributed by atoms with van der Waals surface area (Å²) in [6.07, 6.45) is 3.22. The van der Waals surface area contributed by atoms with Crippen LogP contribution in [-0.4, -0.2) is 48.5 Å². The van der Waals surface area contributed by atoms with Crippen LogP contribution in [0.15, 0.2) is 12.3 Å². The molecule has 0 saturated carbocycles. The van der Waals surface area contributed by atoms with E-state index in [0.717, 1.165) is 25.9 Å². The second kappa shape index (κ2) is 6.65. The van der Waals surface area contributed by atoms with Gasteiger partial charge in [0, 0.05) is 25.3 Å². The van der Waals surface area contributed by atoms with Crippen LogP contribution < -0.4 is 10.6 Å². The van der Waals surface area contributed by atoms with E-state index in [-0.39, 0.29) is 23.3 Å². The van der Waals surface area contributed by atoms with Crippen LogP contribution >= 0.6 is 0 Å². The van der Waals surface area contributed by atoms with Crippen LogP contribution in [-0.2, 0) is 0 Å². The molecule has 1 unspecified atom stereocenters. The van der Waals surface area contributed by atoms with Gasteiger partial charge in [-0.15, -0.1) is 0 Å². The number of aromatic nitrogens is 1. The highest BCUT2D eigenvalue weighted by atomic mass is 19.1. The molecule has 0 radical (unpaired) electrons. The zero-order valence-corrected chi connectivity index (χ0v) is 11.9. The molecule has 1 aromatic heterocycles. The van der Waals surface area contributed by atoms with Crippen molar-refractivity contribution in [3.63, 3.8) is 0 Å². The molecular formula is C14H21FN4O. The fourth-order valence-electron chi connectivity index (χ4n) is 2.30. The van der Waals surface area contributed by atoms with Crippen LogP contribution in [0.1, 0.15) is 30.1 Å². The molecule has 1 aliphatic heterocycles. The van der Waals surface area contributed by atoms with Gasteiger partial charge in [0.15, 0.2) is 11.6 Å². The van der Waals surface area contributed by atoms with E-state index in [1.165, 1.54) is 12.3 Å². The number of anilines is 1. The molecule has 1 amide bonds. The van der Waals surface area contributed by atoms with Gasteiger partial charge >= 0.3 is 0 Å². The number of rotatable bonds is 5. The number of likely N-dealkylation sites (N-methyl/N-ethyl adjacent to an activating group) is 1. The van der Waals surface area contributed by atoms with Gasteiger partial charge in [-0.3, -0.25) is 4.79 Å². The average molecular weight is 280 g/mol. The van der Waals surface area contributed by atoms with Crippen LogP contribution in [0.25, 0.3) is 0 Å². The Morgan fingerprint density at radius 1 is 1.60 bits per heavy atom. The summed E-state index contributed by atoms with van der Waals surface area (Å²) >= 11 is 0. The molecule has 0 spiro atoms. The number of halogens is 1. The van der Waals surface area contributed by atoms with Gasteiger partial charge in [-0.2, -0.15) is 0 Å². The van der Waals surface area contributed by atoms with Crippen LogP contribution in [0, 0.1) is 5.82 Å². The van der Waals surface area contributed by atoms with Crippen LogP contribution in [0.5, 0.6) is 0 Å². The first-order chi connectivity index (χ1) is 9.61. The van der Waals surface area contributed by atoms with E-state index in [2.05, 4.69) is 20.5 Å². The molecule has 1 saturated heterocycles. The average Bonchev–Trinajstić information content (AvgIpc) is 2.83. The smallest absolute Gasteiger partial charge is 0.254 e. The predicted molar refractivity (Wildman–Crippen MR) is 76.3 cm³/mol. The molecule has 110 valence electrons. The first-order valence-corrected chi connectivity index (χ1v) is 6.99. The standard InChI is InChI=1S/C14H21FN4O/c1-3-6-16-13-12(15)11(4-7-17-13)14(20)18-10-5-8-19(2)9-10/h4,7,10H,3,5-6,8-9H2,1-2H3,(H,16,17)(H,18,20). The number of likely N-dealkylation sites (tertiary alicyclic amines) is 1. The summed E-state index contributed by atoms with van der Waals surface area (Å²) in [6.45, 7) is 4.37. The fraction of sp³-hybridized carbons (Fsp3) is 0.571. The lowest BCUT2D eigenvalue weighted by Gasteiger charge is -2.14. The zero-order valence-electron chi connectivity index (χ0n) is 11.9. The lowest BCUT2D eigenvalue weighted by Crippen LogP contribution is -2.37. The van der Waals surface area contributed by atoms with Crippen LogP contribution in [0.4, 0.5) is 10.2 Å². The zero-order chi connectivity index (χ0) is 14.5. The third-order valence-corrected chi connectivity index (χ3v) is 3.40. The normalized spacial score (nSPS) is 19.1. The molecule has 6 heteroatoms. The maximum Gasteiger partial charge on any atom is 0.254 e. The van der Waals surface area contributed by atoms with Crippen molar-refractivity contribution < 1.29 is 9.18 Å². The number of pyridine rings is 1. The molecule has 20 heavy (non-hydrogen) atoms. The molecule has 2 heterocycles. The van der Waals surface area contributed by atoms with E-state index in [0.29, 0.717) is 6.54 Å². The first-order valence-electron chi connectivity index (χ1n) is 6.99. The molecule has 1 aromatic rings. The minimum absolute atomic E-state index is 0.0492. The quantitative estimate of drug-likeness (QED) is 0.857. The summed E-state index contributed by atoms with van der Waals surface area (Å²) in [5.74, 6) is -0.808. The highest BCUT2D eigenvalue weighted by molar-refractivity contribution is 5.95. The van der Waals surface area contributed by atoms with Crippen LogP contribution in [0.3, 0.4) is 0 Å². The number of hydrogen-bond acceptors (Lipinski definition) is 4. The lowest BCUT2D eigenvalue weighted by molar-refractivity contribution is 0.0934. The van der Waals surface area contributed by atoms with Gasteiger partial charge < -0.3 is 15.5 Å². The Labute approximate surface area is 118 Å². The SMILES string of the molecule is CCCNc1nccc(C(=O)NC2CCN(C)C2)c1F. The number of carbonyl (C=O) groups is 1. The van der Waals surface area contributed by atoms with Crippen molar-refractivity contribution in [2.45, 2.75) is 25.8 Å². The maximum absolute atomic E-state index is 14.2. The van der Waals surface area contributed by atoms with Gasteiger partial charge in [0.1, 0.15) is 0 Å². The third-order valence-electron chi connectivity index (χ3n) is 3.40. The van der Waals surface area contributed by atoms with Crippen molar-refractivity contribution in [1.29, 1.82) is 0 Å². The van der Waals surface area contributed by atoms with Crippen molar-refractivity contribution >= 4 is 11.7 Å². The van der Waals surface area contributed by atoms with Gasteiger partial charge in [-0.05, 0) is 32.5 Å². The number of amides is 1. The van der Waals surface area contributed by atoms with Crippen LogP contribution in [0.2, 0.25) is 0 Å². The summed E-state index contributed by atoms with van der Waals surface area (Å²) in [6, 6.07) is 1.51. The lowest BCUT2D eigenvalue weighted by atomic mass is 10.2. The summed E-state index contributed by atoms with van der Waals surface area (Å²) in [5, 5.41) is 5.76. The number of nitrogens with one attached hydrogen (secondary N) is 2. The monoisotopic (exact) mass is 280 g/mol. The Bertz CT molecular complexity index is 480. The molecule has 5 nitrogen and oxygen atoms in total. The number of hydrogen-bond donors (Lipinski definition) is 2. The topological polar surface area (TPSA) is 57.3 Å². The van der Waals surface area contributed by atoms with Gasteiger partial charge in [0.2, 0.25) is 0 Å². The number of nitrogens with zero attached hydrogens (tertiary/aromatic N) is 2. The summed E-state index contributed by atoms with van der Waals surface area (Å²) in [7, 11) is 2.01. The van der Waals surface area contributed by atoms with E-state index in [1.54, 1.807) is 0 Å². The fourth-order valence-corrected chi connectivity index (χ4v) is 2.30. The summed E-state index contributed by atoms with van der Waals surface area (Å²) in [4.78, 5) is 18.2. The summed E-state index contributed by atoms with van der Waals surface area (Å²) in [5.41, 5.74) is 0.0492. The molecule has 0 bridgehead atoms. The van der Waals surface area contributed by atoms with Crippen molar-refractivity contribution in [2.24, 2.45) is 0 Å². The predicted octanol–water partition coefficient (Wildman–Crippen LogP) is 1.48. The maximum atomic E-state index is 14.2. The van der Waals surface area contributed by atoms with Gasteiger partial charge in [0.05, 0.1) is 5.56 Å². The minimum atomic E-state index is -0.579. The van der Waals surface area contributed by atoms with Crippen molar-refractivity contribution in [3.05, 3.63) is 23.6 Å². The van der Waals surface area contributed by atoms with E-state index >= 15 is 0 Å².